The fourth-order valence-corrected chi connectivity index (χ4v) is 1.61. The summed E-state index contributed by atoms with van der Waals surface area (Å²) in [6.07, 6.45) is 2.08. The quantitative estimate of drug-likeness (QED) is 0.649. The number of nitrogens with zero attached hydrogens (tertiary/aromatic N) is 1. The van der Waals surface area contributed by atoms with Crippen LogP contribution in [0.25, 0.3) is 6.08 Å². The molecule has 11 heavy (non-hydrogen) atoms. The average molecular weight is 188 g/mol. The van der Waals surface area contributed by atoms with Crippen LogP contribution in [0, 0.1) is 6.92 Å². The van der Waals surface area contributed by atoms with Crippen molar-refractivity contribution in [3.63, 3.8) is 0 Å². The summed E-state index contributed by atoms with van der Waals surface area (Å²) in [5.41, 5.74) is 4.11. The molecule has 0 N–H and O–H groups in total. The zero-order chi connectivity index (χ0) is 8.27. The Morgan fingerprint density at radius 3 is 3.00 bits per heavy atom. The van der Waals surface area contributed by atoms with Crippen molar-refractivity contribution in [2.24, 2.45) is 0 Å². The maximum absolute atomic E-state index is 5.64. The first kappa shape index (κ1) is 8.75. The minimum Gasteiger partial charge on any atom is -0.249 e. The van der Waals surface area contributed by atoms with Gasteiger partial charge < -0.3 is 0 Å². The lowest BCUT2D eigenvalue weighted by Gasteiger charge is -1.91. The highest BCUT2D eigenvalue weighted by Gasteiger charge is 1.96. The topological polar surface area (TPSA) is 12.9 Å². The fourth-order valence-electron chi connectivity index (χ4n) is 0.712. The van der Waals surface area contributed by atoms with Crippen LogP contribution < -0.4 is 0 Å². The summed E-state index contributed by atoms with van der Waals surface area (Å²) in [5, 5.41) is 0. The van der Waals surface area contributed by atoms with E-state index in [0.717, 1.165) is 5.69 Å². The largest absolute Gasteiger partial charge is 0.249 e. The van der Waals surface area contributed by atoms with Crippen molar-refractivity contribution in [3.05, 3.63) is 21.7 Å². The number of aryl methyl sites for hydroxylation is 1. The Morgan fingerprint density at radius 2 is 2.55 bits per heavy atom. The fraction of sp³-hybridized carbons (Fsp3) is 0.375. The van der Waals surface area contributed by atoms with Gasteiger partial charge >= 0.3 is 0 Å². The highest BCUT2D eigenvalue weighted by Crippen LogP contribution is 2.16. The summed E-state index contributed by atoms with van der Waals surface area (Å²) in [6.45, 7) is 4.02. The molecule has 0 unspecified atom stereocenters. The second kappa shape index (κ2) is 3.88. The smallest absolute Gasteiger partial charge is 0.0801 e. The van der Waals surface area contributed by atoms with E-state index in [-0.39, 0.29) is 0 Å². The molecule has 0 bridgehead atoms. The molecule has 0 spiro atoms. The highest BCUT2D eigenvalue weighted by molar-refractivity contribution is 7.10. The summed E-state index contributed by atoms with van der Waals surface area (Å²) in [6, 6.07) is 0. The zero-order valence-corrected chi connectivity index (χ0v) is 8.17. The molecule has 60 valence electrons. The zero-order valence-electron chi connectivity index (χ0n) is 6.60. The molecule has 0 saturated heterocycles. The van der Waals surface area contributed by atoms with Gasteiger partial charge in [-0.15, -0.1) is 22.9 Å². The van der Waals surface area contributed by atoms with Crippen molar-refractivity contribution < 1.29 is 0 Å². The van der Waals surface area contributed by atoms with E-state index in [9.17, 15) is 0 Å². The van der Waals surface area contributed by atoms with Crippen molar-refractivity contribution in [2.75, 3.05) is 5.88 Å². The van der Waals surface area contributed by atoms with Gasteiger partial charge in [-0.05, 0) is 19.9 Å². The molecule has 0 aromatic carbocycles. The van der Waals surface area contributed by atoms with Gasteiger partial charge in [0, 0.05) is 10.8 Å². The molecule has 0 aliphatic heterocycles. The van der Waals surface area contributed by atoms with Gasteiger partial charge in [-0.2, -0.15) is 0 Å². The number of thiazole rings is 1. The van der Waals surface area contributed by atoms with Crippen LogP contribution in [0.3, 0.4) is 0 Å². The predicted molar refractivity (Wildman–Crippen MR) is 51.2 cm³/mol. The van der Waals surface area contributed by atoms with Crippen molar-refractivity contribution in [2.45, 2.75) is 13.8 Å². The molecule has 1 aromatic heterocycles. The summed E-state index contributed by atoms with van der Waals surface area (Å²) >= 11 is 7.28. The number of alkyl halides is 1. The molecule has 0 saturated carbocycles. The van der Waals surface area contributed by atoms with Crippen molar-refractivity contribution >= 4 is 29.0 Å². The molecule has 1 rings (SSSR count). The second-order valence-electron chi connectivity index (χ2n) is 2.43. The molecular weight excluding hydrogens is 178 g/mol. The maximum atomic E-state index is 5.64. The number of halogens is 1. The Kier molecular flexibility index (Phi) is 3.09. The summed E-state index contributed by atoms with van der Waals surface area (Å²) in [7, 11) is 0. The van der Waals surface area contributed by atoms with Gasteiger partial charge in [-0.1, -0.05) is 5.57 Å². The number of hydrogen-bond donors (Lipinski definition) is 0. The molecule has 1 aromatic rings. The van der Waals surface area contributed by atoms with Crippen LogP contribution in [0.1, 0.15) is 17.5 Å². The highest BCUT2D eigenvalue weighted by atomic mass is 35.5. The number of allylic oxidation sites excluding steroid dienone is 1. The minimum absolute atomic E-state index is 0.595. The number of rotatable bonds is 2. The lowest BCUT2D eigenvalue weighted by molar-refractivity contribution is 1.26. The first-order valence-electron chi connectivity index (χ1n) is 3.37. The van der Waals surface area contributed by atoms with Crippen molar-refractivity contribution in [3.8, 4) is 0 Å². The third-order valence-corrected chi connectivity index (χ3v) is 2.67. The van der Waals surface area contributed by atoms with E-state index in [0.29, 0.717) is 5.88 Å². The Balaban J connectivity index is 2.86. The maximum Gasteiger partial charge on any atom is 0.0801 e. The normalized spacial score (nSPS) is 12.1. The van der Waals surface area contributed by atoms with E-state index >= 15 is 0 Å². The molecule has 0 amide bonds. The first-order chi connectivity index (χ1) is 5.24. The van der Waals surface area contributed by atoms with Crippen molar-refractivity contribution in [1.82, 2.24) is 4.98 Å². The molecule has 0 fully saturated rings. The van der Waals surface area contributed by atoms with Crippen LogP contribution in [-0.4, -0.2) is 10.9 Å². The van der Waals surface area contributed by atoms with Gasteiger partial charge in [-0.3, -0.25) is 0 Å². The van der Waals surface area contributed by atoms with Crippen LogP contribution in [0.5, 0.6) is 0 Å². The molecule has 0 aliphatic rings. The van der Waals surface area contributed by atoms with Gasteiger partial charge in [0.15, 0.2) is 0 Å². The van der Waals surface area contributed by atoms with Gasteiger partial charge in [0.05, 0.1) is 11.2 Å². The Hall–Kier alpha value is -0.340. The molecule has 1 nitrogen and oxygen atoms in total. The predicted octanol–water partition coefficient (Wildman–Crippen LogP) is 3.09. The minimum atomic E-state index is 0.595. The van der Waals surface area contributed by atoms with Crippen LogP contribution in [-0.2, 0) is 0 Å². The second-order valence-corrected chi connectivity index (χ2v) is 3.58. The van der Waals surface area contributed by atoms with Gasteiger partial charge in [0.2, 0.25) is 0 Å². The summed E-state index contributed by atoms with van der Waals surface area (Å²) in [4.78, 5) is 5.35. The third kappa shape index (κ3) is 2.31. The molecule has 0 radical (unpaired) electrons. The van der Waals surface area contributed by atoms with E-state index < -0.39 is 0 Å². The standard InChI is InChI=1S/C8H10ClNS/c1-6(4-9)3-8-7(2)10-5-11-8/h3,5H,4H2,1-2H3. The molecule has 3 heteroatoms. The van der Waals surface area contributed by atoms with E-state index in [1.807, 2.05) is 19.4 Å². The van der Waals surface area contributed by atoms with E-state index in [1.54, 1.807) is 11.3 Å². The Morgan fingerprint density at radius 1 is 1.82 bits per heavy atom. The van der Waals surface area contributed by atoms with Crippen LogP contribution in [0.15, 0.2) is 11.1 Å². The van der Waals surface area contributed by atoms with E-state index in [2.05, 4.69) is 11.1 Å². The monoisotopic (exact) mass is 187 g/mol. The van der Waals surface area contributed by atoms with E-state index in [4.69, 9.17) is 11.6 Å². The lowest BCUT2D eigenvalue weighted by atomic mass is 10.3. The summed E-state index contributed by atoms with van der Waals surface area (Å²) in [5.74, 6) is 0.595. The number of hydrogen-bond acceptors (Lipinski definition) is 2. The summed E-state index contributed by atoms with van der Waals surface area (Å²) < 4.78 is 0. The lowest BCUT2D eigenvalue weighted by Crippen LogP contribution is -1.77. The SMILES string of the molecule is CC(=Cc1scnc1C)CCl. The van der Waals surface area contributed by atoms with Gasteiger partial charge in [-0.25, -0.2) is 4.98 Å². The molecule has 0 aliphatic carbocycles. The molecular formula is C8H10ClNS. The van der Waals surface area contributed by atoms with Gasteiger partial charge in [0.1, 0.15) is 0 Å². The van der Waals surface area contributed by atoms with Gasteiger partial charge in [0.25, 0.3) is 0 Å². The molecule has 0 atom stereocenters. The van der Waals surface area contributed by atoms with E-state index in [1.165, 1.54) is 10.5 Å². The third-order valence-electron chi connectivity index (χ3n) is 1.37. The first-order valence-corrected chi connectivity index (χ1v) is 4.78. The molecule has 1 heterocycles. The van der Waals surface area contributed by atoms with Crippen LogP contribution in [0.4, 0.5) is 0 Å². The number of aromatic nitrogens is 1. The van der Waals surface area contributed by atoms with Crippen LogP contribution >= 0.6 is 22.9 Å². The average Bonchev–Trinajstić information content (AvgIpc) is 2.37. The Labute approximate surface area is 75.7 Å². The Bertz CT molecular complexity index is 265. The van der Waals surface area contributed by atoms with Crippen LogP contribution in [0.2, 0.25) is 0 Å². The van der Waals surface area contributed by atoms with Crippen molar-refractivity contribution in [1.29, 1.82) is 0 Å².